The summed E-state index contributed by atoms with van der Waals surface area (Å²) >= 11 is 0. The monoisotopic (exact) mass is 267 g/mol. The second kappa shape index (κ2) is 5.82. The molecule has 0 fully saturated rings. The summed E-state index contributed by atoms with van der Waals surface area (Å²) in [6, 6.07) is 5.02. The van der Waals surface area contributed by atoms with E-state index in [0.717, 1.165) is 0 Å². The number of carbonyl (C=O) groups is 2. The first-order valence-electron chi connectivity index (χ1n) is 6.09. The number of benzene rings is 1. The fourth-order valence-corrected chi connectivity index (χ4v) is 1.77. The van der Waals surface area contributed by atoms with E-state index in [9.17, 15) is 14.0 Å². The number of amides is 1. The van der Waals surface area contributed by atoms with Crippen molar-refractivity contribution in [3.63, 3.8) is 0 Å². The fraction of sp³-hybridized carbons (Fsp3) is 0.429. The summed E-state index contributed by atoms with van der Waals surface area (Å²) in [5, 5.41) is 11.4. The van der Waals surface area contributed by atoms with E-state index in [1.165, 1.54) is 12.1 Å². The third-order valence-corrected chi connectivity index (χ3v) is 3.13. The van der Waals surface area contributed by atoms with Crippen LogP contribution in [0, 0.1) is 5.82 Å². The van der Waals surface area contributed by atoms with Gasteiger partial charge in [0.2, 0.25) is 5.91 Å². The number of nitrogens with one attached hydrogen (secondary N) is 1. The zero-order chi connectivity index (χ0) is 14.6. The molecule has 0 radical (unpaired) electrons. The van der Waals surface area contributed by atoms with Gasteiger partial charge in [0, 0.05) is 5.56 Å². The molecule has 0 aliphatic carbocycles. The predicted molar refractivity (Wildman–Crippen MR) is 69.3 cm³/mol. The Morgan fingerprint density at radius 2 is 1.95 bits per heavy atom. The van der Waals surface area contributed by atoms with Gasteiger partial charge in [0.15, 0.2) is 0 Å². The average Bonchev–Trinajstić information content (AvgIpc) is 2.35. The lowest BCUT2D eigenvalue weighted by Gasteiger charge is -2.26. The lowest BCUT2D eigenvalue weighted by atomic mass is 9.83. The van der Waals surface area contributed by atoms with Crippen molar-refractivity contribution < 1.29 is 19.1 Å². The van der Waals surface area contributed by atoms with Gasteiger partial charge in [0.1, 0.15) is 11.9 Å². The van der Waals surface area contributed by atoms with Crippen molar-refractivity contribution in [1.29, 1.82) is 0 Å². The van der Waals surface area contributed by atoms with E-state index in [-0.39, 0.29) is 12.0 Å². The van der Waals surface area contributed by atoms with Gasteiger partial charge in [-0.05, 0) is 26.3 Å². The maximum atomic E-state index is 13.7. The van der Waals surface area contributed by atoms with Crippen LogP contribution < -0.4 is 5.32 Å². The summed E-state index contributed by atoms with van der Waals surface area (Å²) in [5.74, 6) is -2.09. The minimum atomic E-state index is -1.13. The smallest absolute Gasteiger partial charge is 0.326 e. The molecular formula is C14H18FNO3. The Morgan fingerprint density at radius 1 is 1.37 bits per heavy atom. The molecule has 0 aliphatic heterocycles. The lowest BCUT2D eigenvalue weighted by molar-refractivity contribution is -0.142. The summed E-state index contributed by atoms with van der Waals surface area (Å²) in [5.41, 5.74) is -0.887. The van der Waals surface area contributed by atoms with Crippen LogP contribution in [0.15, 0.2) is 24.3 Å². The Morgan fingerprint density at radius 3 is 2.42 bits per heavy atom. The topological polar surface area (TPSA) is 66.4 Å². The molecule has 0 saturated carbocycles. The molecular weight excluding hydrogens is 249 g/mol. The number of hydrogen-bond donors (Lipinski definition) is 2. The molecule has 1 aromatic carbocycles. The van der Waals surface area contributed by atoms with E-state index in [0.29, 0.717) is 0 Å². The molecule has 1 atom stereocenters. The van der Waals surface area contributed by atoms with Crippen molar-refractivity contribution in [3.05, 3.63) is 35.6 Å². The van der Waals surface area contributed by atoms with Gasteiger partial charge in [-0.1, -0.05) is 25.1 Å². The van der Waals surface area contributed by atoms with Crippen LogP contribution in [0.4, 0.5) is 4.39 Å². The van der Waals surface area contributed by atoms with Crippen molar-refractivity contribution >= 4 is 11.9 Å². The van der Waals surface area contributed by atoms with Gasteiger partial charge in [0.25, 0.3) is 0 Å². The van der Waals surface area contributed by atoms with E-state index < -0.39 is 29.2 Å². The van der Waals surface area contributed by atoms with Crippen molar-refractivity contribution in [2.45, 2.75) is 38.6 Å². The van der Waals surface area contributed by atoms with Crippen molar-refractivity contribution in [3.8, 4) is 0 Å². The Labute approximate surface area is 111 Å². The van der Waals surface area contributed by atoms with Crippen LogP contribution >= 0.6 is 0 Å². The van der Waals surface area contributed by atoms with Gasteiger partial charge in [-0.3, -0.25) is 4.79 Å². The molecule has 0 spiro atoms. The van der Waals surface area contributed by atoms with Crippen LogP contribution in [0.1, 0.15) is 32.8 Å². The minimum absolute atomic E-state index is 0.243. The maximum absolute atomic E-state index is 13.7. The van der Waals surface area contributed by atoms with E-state index >= 15 is 0 Å². The molecule has 0 aromatic heterocycles. The highest BCUT2D eigenvalue weighted by molar-refractivity contribution is 5.90. The molecule has 2 N–H and O–H groups in total. The van der Waals surface area contributed by atoms with Gasteiger partial charge in [-0.2, -0.15) is 0 Å². The first-order chi connectivity index (χ1) is 8.80. The largest absolute Gasteiger partial charge is 0.480 e. The average molecular weight is 267 g/mol. The first-order valence-corrected chi connectivity index (χ1v) is 6.09. The van der Waals surface area contributed by atoms with Gasteiger partial charge in [-0.25, -0.2) is 9.18 Å². The highest BCUT2D eigenvalue weighted by atomic mass is 19.1. The molecule has 0 bridgehead atoms. The summed E-state index contributed by atoms with van der Waals surface area (Å²) < 4.78 is 13.7. The molecule has 0 heterocycles. The Kier molecular flexibility index (Phi) is 4.64. The SMILES string of the molecule is CCC(NC(=O)C(C)(C)c1ccccc1F)C(=O)O. The van der Waals surface area contributed by atoms with Crippen LogP contribution in [-0.4, -0.2) is 23.0 Å². The second-order valence-electron chi connectivity index (χ2n) is 4.88. The Bertz CT molecular complexity index is 485. The Hall–Kier alpha value is -1.91. The van der Waals surface area contributed by atoms with E-state index in [4.69, 9.17) is 5.11 Å². The highest BCUT2D eigenvalue weighted by Crippen LogP contribution is 2.26. The molecule has 104 valence electrons. The third kappa shape index (κ3) is 3.30. The maximum Gasteiger partial charge on any atom is 0.326 e. The molecule has 19 heavy (non-hydrogen) atoms. The minimum Gasteiger partial charge on any atom is -0.480 e. The number of halogens is 1. The number of carboxylic acid groups (broad SMARTS) is 1. The number of carboxylic acids is 1. The van der Waals surface area contributed by atoms with E-state index in [1.54, 1.807) is 32.9 Å². The van der Waals surface area contributed by atoms with Gasteiger partial charge in [0.05, 0.1) is 5.41 Å². The van der Waals surface area contributed by atoms with Crippen molar-refractivity contribution in [2.24, 2.45) is 0 Å². The van der Waals surface area contributed by atoms with E-state index in [1.807, 2.05) is 0 Å². The van der Waals surface area contributed by atoms with E-state index in [2.05, 4.69) is 5.32 Å². The van der Waals surface area contributed by atoms with Gasteiger partial charge in [-0.15, -0.1) is 0 Å². The summed E-state index contributed by atoms with van der Waals surface area (Å²) in [6.07, 6.45) is 0.272. The standard InChI is InChI=1S/C14H18FNO3/c1-4-11(12(17)18)16-13(19)14(2,3)9-7-5-6-8-10(9)15/h5-8,11H,4H2,1-3H3,(H,16,19)(H,17,18). The lowest BCUT2D eigenvalue weighted by Crippen LogP contribution is -2.48. The third-order valence-electron chi connectivity index (χ3n) is 3.13. The number of carbonyl (C=O) groups excluding carboxylic acids is 1. The Balaban J connectivity index is 2.97. The van der Waals surface area contributed by atoms with Crippen LogP contribution in [0.25, 0.3) is 0 Å². The van der Waals surface area contributed by atoms with Crippen LogP contribution in [0.3, 0.4) is 0 Å². The summed E-state index contributed by atoms with van der Waals surface area (Å²) in [6.45, 7) is 4.79. The number of hydrogen-bond acceptors (Lipinski definition) is 2. The van der Waals surface area contributed by atoms with Crippen LogP contribution in [0.5, 0.6) is 0 Å². The van der Waals surface area contributed by atoms with Crippen molar-refractivity contribution in [1.82, 2.24) is 5.32 Å². The molecule has 1 amide bonds. The second-order valence-corrected chi connectivity index (χ2v) is 4.88. The van der Waals surface area contributed by atoms with Gasteiger partial charge < -0.3 is 10.4 Å². The van der Waals surface area contributed by atoms with Gasteiger partial charge >= 0.3 is 5.97 Å². The number of rotatable bonds is 5. The zero-order valence-electron chi connectivity index (χ0n) is 11.2. The molecule has 1 aromatic rings. The molecule has 4 nitrogen and oxygen atoms in total. The molecule has 5 heteroatoms. The van der Waals surface area contributed by atoms with Crippen molar-refractivity contribution in [2.75, 3.05) is 0 Å². The fourth-order valence-electron chi connectivity index (χ4n) is 1.77. The zero-order valence-corrected chi connectivity index (χ0v) is 11.2. The summed E-state index contributed by atoms with van der Waals surface area (Å²) in [7, 11) is 0. The molecule has 0 aliphatic rings. The molecule has 1 rings (SSSR count). The normalized spacial score (nSPS) is 12.8. The first kappa shape index (κ1) is 15.1. The quantitative estimate of drug-likeness (QED) is 0.858. The van der Waals surface area contributed by atoms with Crippen LogP contribution in [0.2, 0.25) is 0 Å². The van der Waals surface area contributed by atoms with Crippen LogP contribution in [-0.2, 0) is 15.0 Å². The molecule has 1 unspecified atom stereocenters. The summed E-state index contributed by atoms with van der Waals surface area (Å²) in [4.78, 5) is 23.1. The highest BCUT2D eigenvalue weighted by Gasteiger charge is 2.34. The molecule has 0 saturated heterocycles. The predicted octanol–water partition coefficient (Wildman–Crippen LogP) is 2.08. The number of aliphatic carboxylic acids is 1.